The lowest BCUT2D eigenvalue weighted by Crippen LogP contribution is -2.48. The van der Waals surface area contributed by atoms with E-state index in [9.17, 15) is 9.90 Å². The second-order valence-corrected chi connectivity index (χ2v) is 6.53. The van der Waals surface area contributed by atoms with Crippen molar-refractivity contribution in [3.63, 3.8) is 0 Å². The number of rotatable bonds is 2. The zero-order valence-electron chi connectivity index (χ0n) is 12.1. The Morgan fingerprint density at radius 3 is 2.70 bits per heavy atom. The van der Waals surface area contributed by atoms with Gasteiger partial charge in [0.2, 0.25) is 5.91 Å². The van der Waals surface area contributed by atoms with E-state index in [1.165, 1.54) is 0 Å². The number of aromatic hydroxyl groups is 1. The molecule has 1 aromatic carbocycles. The zero-order chi connectivity index (χ0) is 14.3. The van der Waals surface area contributed by atoms with Crippen LogP contribution in [0.1, 0.15) is 19.4 Å². The number of phenolic OH excluding ortho intramolecular Hbond substituents is 1. The van der Waals surface area contributed by atoms with Gasteiger partial charge in [0.05, 0.1) is 6.42 Å². The van der Waals surface area contributed by atoms with Crippen LogP contribution in [-0.4, -0.2) is 41.1 Å². The normalized spacial score (nSPS) is 27.6. The van der Waals surface area contributed by atoms with E-state index in [1.807, 2.05) is 12.1 Å². The highest BCUT2D eigenvalue weighted by atomic mass is 16.3. The van der Waals surface area contributed by atoms with E-state index in [-0.39, 0.29) is 17.2 Å². The molecule has 2 heterocycles. The van der Waals surface area contributed by atoms with Crippen LogP contribution in [0.3, 0.4) is 0 Å². The Hall–Kier alpha value is -1.55. The summed E-state index contributed by atoms with van der Waals surface area (Å²) in [6.07, 6.45) is 0.413. The average Bonchev–Trinajstić information content (AvgIpc) is 2.95. The first-order valence-corrected chi connectivity index (χ1v) is 7.27. The lowest BCUT2D eigenvalue weighted by Gasteiger charge is -2.35. The van der Waals surface area contributed by atoms with E-state index < -0.39 is 0 Å². The third-order valence-corrected chi connectivity index (χ3v) is 4.95. The van der Waals surface area contributed by atoms with Crippen molar-refractivity contribution < 1.29 is 9.90 Å². The molecule has 4 heteroatoms. The molecule has 0 spiro atoms. The van der Waals surface area contributed by atoms with E-state index in [0.29, 0.717) is 18.3 Å². The molecule has 0 saturated carbocycles. The van der Waals surface area contributed by atoms with Crippen molar-refractivity contribution in [3.05, 3.63) is 29.8 Å². The predicted molar refractivity (Wildman–Crippen MR) is 77.5 cm³/mol. The highest BCUT2D eigenvalue weighted by molar-refractivity contribution is 5.80. The highest BCUT2D eigenvalue weighted by Crippen LogP contribution is 2.40. The van der Waals surface area contributed by atoms with Crippen molar-refractivity contribution in [2.45, 2.75) is 25.8 Å². The van der Waals surface area contributed by atoms with Gasteiger partial charge in [0.15, 0.2) is 0 Å². The first kappa shape index (κ1) is 13.4. The molecule has 4 nitrogen and oxygen atoms in total. The first-order chi connectivity index (χ1) is 9.48. The van der Waals surface area contributed by atoms with Crippen LogP contribution in [0.5, 0.6) is 5.75 Å². The lowest BCUT2D eigenvalue weighted by atomic mass is 9.85. The highest BCUT2D eigenvalue weighted by Gasteiger charge is 2.50. The molecule has 2 fully saturated rings. The topological polar surface area (TPSA) is 52.6 Å². The van der Waals surface area contributed by atoms with Gasteiger partial charge in [0.1, 0.15) is 5.75 Å². The number of fused-ring (bicyclic) bond motifs is 1. The molecule has 0 radical (unpaired) electrons. The summed E-state index contributed by atoms with van der Waals surface area (Å²) in [4.78, 5) is 14.6. The number of nitrogens with one attached hydrogen (secondary N) is 1. The lowest BCUT2D eigenvalue weighted by molar-refractivity contribution is -0.134. The van der Waals surface area contributed by atoms with Crippen LogP contribution in [0, 0.1) is 11.8 Å². The van der Waals surface area contributed by atoms with Crippen LogP contribution in [0.25, 0.3) is 0 Å². The Kier molecular flexibility index (Phi) is 3.21. The number of carbonyl (C=O) groups excluding carboxylic acids is 1. The van der Waals surface area contributed by atoms with Crippen LogP contribution in [0.2, 0.25) is 0 Å². The molecule has 1 aromatic rings. The van der Waals surface area contributed by atoms with Crippen molar-refractivity contribution in [1.82, 2.24) is 10.2 Å². The monoisotopic (exact) mass is 274 g/mol. The van der Waals surface area contributed by atoms with Crippen molar-refractivity contribution in [2.24, 2.45) is 11.8 Å². The average molecular weight is 274 g/mol. The van der Waals surface area contributed by atoms with E-state index in [0.717, 1.165) is 25.2 Å². The molecule has 0 aromatic heterocycles. The zero-order valence-corrected chi connectivity index (χ0v) is 12.1. The van der Waals surface area contributed by atoms with Crippen LogP contribution in [0.4, 0.5) is 0 Å². The standard InChI is InChI=1S/C16H22N2O2/c1-16(2)14-9-17-8-12(14)10-18(16)15(20)7-11-3-5-13(19)6-4-11/h3-6,12,14,17,19H,7-10H2,1-2H3. The summed E-state index contributed by atoms with van der Waals surface area (Å²) in [6, 6.07) is 6.91. The molecule has 3 rings (SSSR count). The van der Waals surface area contributed by atoms with Gasteiger partial charge in [-0.1, -0.05) is 12.1 Å². The number of nitrogens with zero attached hydrogens (tertiary/aromatic N) is 1. The van der Waals surface area contributed by atoms with Crippen molar-refractivity contribution in [2.75, 3.05) is 19.6 Å². The predicted octanol–water partition coefficient (Wildman–Crippen LogP) is 1.39. The fraction of sp³-hybridized carbons (Fsp3) is 0.562. The van der Waals surface area contributed by atoms with Crippen LogP contribution in [0.15, 0.2) is 24.3 Å². The summed E-state index contributed by atoms with van der Waals surface area (Å²) in [5.41, 5.74) is 0.890. The van der Waals surface area contributed by atoms with E-state index in [1.54, 1.807) is 12.1 Å². The largest absolute Gasteiger partial charge is 0.508 e. The van der Waals surface area contributed by atoms with Crippen LogP contribution >= 0.6 is 0 Å². The minimum absolute atomic E-state index is 0.0673. The maximum Gasteiger partial charge on any atom is 0.227 e. The first-order valence-electron chi connectivity index (χ1n) is 7.27. The number of carbonyl (C=O) groups is 1. The minimum Gasteiger partial charge on any atom is -0.508 e. The molecule has 108 valence electrons. The summed E-state index contributed by atoms with van der Waals surface area (Å²) in [7, 11) is 0. The van der Waals surface area contributed by atoms with Crippen LogP contribution in [-0.2, 0) is 11.2 Å². The number of hydrogen-bond acceptors (Lipinski definition) is 3. The smallest absolute Gasteiger partial charge is 0.227 e. The molecule has 0 aliphatic carbocycles. The fourth-order valence-electron chi connectivity index (χ4n) is 3.73. The molecular formula is C16H22N2O2. The van der Waals surface area contributed by atoms with Gasteiger partial charge in [0.25, 0.3) is 0 Å². The van der Waals surface area contributed by atoms with Crippen molar-refractivity contribution >= 4 is 5.91 Å². The second kappa shape index (κ2) is 4.77. The Morgan fingerprint density at radius 2 is 2.05 bits per heavy atom. The van der Waals surface area contributed by atoms with Gasteiger partial charge in [-0.05, 0) is 43.4 Å². The van der Waals surface area contributed by atoms with E-state index >= 15 is 0 Å². The van der Waals surface area contributed by atoms with Crippen LogP contribution < -0.4 is 5.32 Å². The number of benzene rings is 1. The molecule has 1 amide bonds. The molecule has 2 saturated heterocycles. The number of phenols is 1. The number of likely N-dealkylation sites (tertiary alicyclic amines) is 1. The molecule has 20 heavy (non-hydrogen) atoms. The van der Waals surface area contributed by atoms with Gasteiger partial charge in [-0.15, -0.1) is 0 Å². The van der Waals surface area contributed by atoms with Gasteiger partial charge < -0.3 is 15.3 Å². The Bertz CT molecular complexity index is 510. The second-order valence-electron chi connectivity index (χ2n) is 6.53. The maximum absolute atomic E-state index is 12.6. The van der Waals surface area contributed by atoms with E-state index in [4.69, 9.17) is 0 Å². The van der Waals surface area contributed by atoms with Crippen molar-refractivity contribution in [3.8, 4) is 5.75 Å². The fourth-order valence-corrected chi connectivity index (χ4v) is 3.73. The third-order valence-electron chi connectivity index (χ3n) is 4.95. The van der Waals surface area contributed by atoms with Crippen molar-refractivity contribution in [1.29, 1.82) is 0 Å². The van der Waals surface area contributed by atoms with Gasteiger partial charge in [-0.25, -0.2) is 0 Å². The SMILES string of the molecule is CC1(C)C2CNCC2CN1C(=O)Cc1ccc(O)cc1. The Morgan fingerprint density at radius 1 is 1.35 bits per heavy atom. The van der Waals surface area contributed by atoms with E-state index in [2.05, 4.69) is 24.1 Å². The van der Waals surface area contributed by atoms with Gasteiger partial charge in [-0.3, -0.25) is 4.79 Å². The summed E-state index contributed by atoms with van der Waals surface area (Å²) in [5.74, 6) is 1.58. The third kappa shape index (κ3) is 2.18. The molecule has 0 bridgehead atoms. The Balaban J connectivity index is 1.73. The molecule has 2 aliphatic heterocycles. The van der Waals surface area contributed by atoms with Gasteiger partial charge >= 0.3 is 0 Å². The molecule has 2 aliphatic rings. The molecule has 2 atom stereocenters. The maximum atomic E-state index is 12.6. The summed E-state index contributed by atoms with van der Waals surface area (Å²) >= 11 is 0. The minimum atomic E-state index is -0.0673. The van der Waals surface area contributed by atoms with Gasteiger partial charge in [0, 0.05) is 25.2 Å². The molecular weight excluding hydrogens is 252 g/mol. The Labute approximate surface area is 119 Å². The quantitative estimate of drug-likeness (QED) is 0.857. The summed E-state index contributed by atoms with van der Waals surface area (Å²) < 4.78 is 0. The summed E-state index contributed by atoms with van der Waals surface area (Å²) in [6.45, 7) is 7.26. The number of amides is 1. The molecule has 2 N–H and O–H groups in total. The number of hydrogen-bond donors (Lipinski definition) is 2. The molecule has 2 unspecified atom stereocenters. The summed E-state index contributed by atoms with van der Waals surface area (Å²) in [5, 5.41) is 12.7. The van der Waals surface area contributed by atoms with Gasteiger partial charge in [-0.2, -0.15) is 0 Å².